The molecule has 4 rings (SSSR count). The first kappa shape index (κ1) is 19.0. The van der Waals surface area contributed by atoms with Gasteiger partial charge in [-0.3, -0.25) is 4.79 Å². The lowest BCUT2D eigenvalue weighted by molar-refractivity contribution is 0.0929. The van der Waals surface area contributed by atoms with E-state index in [-0.39, 0.29) is 12.4 Å². The molecule has 30 heavy (non-hydrogen) atoms. The molecule has 0 saturated heterocycles. The monoisotopic (exact) mass is 399 g/mol. The van der Waals surface area contributed by atoms with Gasteiger partial charge in [-0.25, -0.2) is 5.43 Å². The molecule has 3 aromatic carbocycles. The first-order chi connectivity index (χ1) is 14.7. The van der Waals surface area contributed by atoms with E-state index in [2.05, 4.69) is 10.5 Å². The minimum Gasteiger partial charge on any atom is -0.493 e. The minimum atomic E-state index is -0.451. The Kier molecular flexibility index (Phi) is 5.31. The van der Waals surface area contributed by atoms with Gasteiger partial charge >= 0.3 is 5.91 Å². The Morgan fingerprint density at radius 2 is 2.00 bits per heavy atom. The molecule has 1 aromatic heterocycles. The number of carbonyl (C=O) groups is 1. The predicted molar refractivity (Wildman–Crippen MR) is 113 cm³/mol. The number of hydrogen-bond donors (Lipinski definition) is 1. The average molecular weight is 399 g/mol. The zero-order valence-corrected chi connectivity index (χ0v) is 16.1. The van der Waals surface area contributed by atoms with Crippen LogP contribution in [0.3, 0.4) is 0 Å². The van der Waals surface area contributed by atoms with Crippen LogP contribution >= 0.6 is 0 Å². The van der Waals surface area contributed by atoms with Gasteiger partial charge in [-0.1, -0.05) is 30.3 Å². The van der Waals surface area contributed by atoms with Gasteiger partial charge in [-0.2, -0.15) is 10.4 Å². The summed E-state index contributed by atoms with van der Waals surface area (Å²) in [5.41, 5.74) is 3.79. The van der Waals surface area contributed by atoms with Crippen LogP contribution in [0, 0.1) is 11.3 Å². The van der Waals surface area contributed by atoms with E-state index in [1.165, 1.54) is 13.3 Å². The van der Waals surface area contributed by atoms with Crippen LogP contribution in [0.25, 0.3) is 21.7 Å². The Hall–Kier alpha value is -4.31. The van der Waals surface area contributed by atoms with E-state index >= 15 is 0 Å². The van der Waals surface area contributed by atoms with Crippen molar-refractivity contribution in [1.82, 2.24) is 5.43 Å². The lowest BCUT2D eigenvalue weighted by atomic mass is 10.1. The Morgan fingerprint density at radius 3 is 2.83 bits per heavy atom. The topological polar surface area (TPSA) is 96.8 Å². The molecule has 148 valence electrons. The molecular formula is C23H17N3O4. The van der Waals surface area contributed by atoms with Crippen molar-refractivity contribution in [3.8, 4) is 17.6 Å². The maximum Gasteiger partial charge on any atom is 0.307 e. The molecular weight excluding hydrogens is 382 g/mol. The van der Waals surface area contributed by atoms with Crippen molar-refractivity contribution < 1.29 is 18.7 Å². The summed E-state index contributed by atoms with van der Waals surface area (Å²) in [5.74, 6) is 0.642. The van der Waals surface area contributed by atoms with Crippen molar-refractivity contribution in [2.24, 2.45) is 5.10 Å². The highest BCUT2D eigenvalue weighted by Crippen LogP contribution is 2.28. The van der Waals surface area contributed by atoms with Crippen LogP contribution < -0.4 is 14.9 Å². The highest BCUT2D eigenvalue weighted by Gasteiger charge is 2.13. The van der Waals surface area contributed by atoms with Crippen LogP contribution in [0.2, 0.25) is 0 Å². The number of ether oxygens (including phenoxy) is 2. The van der Waals surface area contributed by atoms with Crippen LogP contribution in [-0.2, 0) is 0 Å². The zero-order chi connectivity index (χ0) is 20.9. The predicted octanol–water partition coefficient (Wildman–Crippen LogP) is 4.26. The molecule has 0 atom stereocenters. The summed E-state index contributed by atoms with van der Waals surface area (Å²) in [6.45, 7) is -0.0767. The lowest BCUT2D eigenvalue weighted by Crippen LogP contribution is -2.16. The number of furan rings is 1. The first-order valence-electron chi connectivity index (χ1n) is 9.12. The largest absolute Gasteiger partial charge is 0.493 e. The normalized spacial score (nSPS) is 10.9. The molecule has 0 aliphatic carbocycles. The van der Waals surface area contributed by atoms with Gasteiger partial charge in [0.25, 0.3) is 0 Å². The summed E-state index contributed by atoms with van der Waals surface area (Å²) >= 11 is 0. The molecule has 1 N–H and O–H groups in total. The standard InChI is InChI=1S/C23H17N3O4/c1-28-21-12-15(6-8-20(21)29-11-10-24)14-25-26-23(27)22-13-18-17-5-3-2-4-16(17)7-9-19(18)30-22/h2-9,12-14H,11H2,1H3,(H,26,27). The third-order valence-corrected chi connectivity index (χ3v) is 4.51. The maximum absolute atomic E-state index is 12.4. The van der Waals surface area contributed by atoms with E-state index in [4.69, 9.17) is 19.2 Å². The molecule has 0 bridgehead atoms. The summed E-state index contributed by atoms with van der Waals surface area (Å²) in [5, 5.41) is 15.6. The average Bonchev–Trinajstić information content (AvgIpc) is 3.23. The van der Waals surface area contributed by atoms with Crippen molar-refractivity contribution in [3.63, 3.8) is 0 Å². The smallest absolute Gasteiger partial charge is 0.307 e. The number of hydrazone groups is 1. The third kappa shape index (κ3) is 3.80. The van der Waals surface area contributed by atoms with Gasteiger partial charge in [-0.15, -0.1) is 0 Å². The molecule has 0 aliphatic rings. The molecule has 0 spiro atoms. The van der Waals surface area contributed by atoms with Crippen molar-refractivity contribution >= 4 is 33.9 Å². The fourth-order valence-corrected chi connectivity index (χ4v) is 3.12. The quantitative estimate of drug-likeness (QED) is 0.386. The second kappa shape index (κ2) is 8.37. The van der Waals surface area contributed by atoms with Gasteiger partial charge in [0, 0.05) is 5.39 Å². The Labute approximate surface area is 172 Å². The summed E-state index contributed by atoms with van der Waals surface area (Å²) in [6, 6.07) is 20.4. The number of carbonyl (C=O) groups excluding carboxylic acids is 1. The van der Waals surface area contributed by atoms with Gasteiger partial charge in [0.2, 0.25) is 0 Å². The van der Waals surface area contributed by atoms with Gasteiger partial charge in [-0.05, 0) is 46.7 Å². The lowest BCUT2D eigenvalue weighted by Gasteiger charge is -2.08. The van der Waals surface area contributed by atoms with E-state index in [1.807, 2.05) is 42.5 Å². The number of nitriles is 1. The van der Waals surface area contributed by atoms with Crippen LogP contribution in [0.4, 0.5) is 0 Å². The number of benzene rings is 3. The molecule has 0 radical (unpaired) electrons. The summed E-state index contributed by atoms with van der Waals surface area (Å²) in [4.78, 5) is 12.4. The van der Waals surface area contributed by atoms with Crippen LogP contribution in [0.1, 0.15) is 16.1 Å². The number of hydrogen-bond acceptors (Lipinski definition) is 6. The number of nitrogens with zero attached hydrogens (tertiary/aromatic N) is 2. The maximum atomic E-state index is 12.4. The number of nitrogens with one attached hydrogen (secondary N) is 1. The molecule has 1 heterocycles. The highest BCUT2D eigenvalue weighted by molar-refractivity contribution is 6.08. The fraction of sp³-hybridized carbons (Fsp3) is 0.0870. The number of amides is 1. The number of rotatable bonds is 6. The van der Waals surface area contributed by atoms with Crippen LogP contribution in [-0.4, -0.2) is 25.8 Å². The van der Waals surface area contributed by atoms with Crippen molar-refractivity contribution in [1.29, 1.82) is 5.26 Å². The van der Waals surface area contributed by atoms with E-state index in [1.54, 1.807) is 24.3 Å². The highest BCUT2D eigenvalue weighted by atomic mass is 16.5. The van der Waals surface area contributed by atoms with Crippen molar-refractivity contribution in [2.45, 2.75) is 0 Å². The second-order valence-corrected chi connectivity index (χ2v) is 6.37. The van der Waals surface area contributed by atoms with E-state index in [0.717, 1.165) is 16.2 Å². The van der Waals surface area contributed by atoms with Crippen LogP contribution in [0.15, 0.2) is 70.2 Å². The van der Waals surface area contributed by atoms with Crippen molar-refractivity contribution in [2.75, 3.05) is 13.7 Å². The Morgan fingerprint density at radius 1 is 1.13 bits per heavy atom. The molecule has 0 fully saturated rings. The fourth-order valence-electron chi connectivity index (χ4n) is 3.12. The summed E-state index contributed by atoms with van der Waals surface area (Å²) in [7, 11) is 1.50. The first-order valence-corrected chi connectivity index (χ1v) is 9.12. The summed E-state index contributed by atoms with van der Waals surface area (Å²) < 4.78 is 16.2. The Balaban J connectivity index is 1.50. The van der Waals surface area contributed by atoms with E-state index in [9.17, 15) is 4.79 Å². The zero-order valence-electron chi connectivity index (χ0n) is 16.1. The minimum absolute atomic E-state index is 0.0767. The molecule has 0 unspecified atom stereocenters. The molecule has 7 heteroatoms. The second-order valence-electron chi connectivity index (χ2n) is 6.37. The molecule has 0 saturated carbocycles. The van der Waals surface area contributed by atoms with E-state index in [0.29, 0.717) is 22.6 Å². The van der Waals surface area contributed by atoms with Gasteiger partial charge in [0.1, 0.15) is 11.7 Å². The third-order valence-electron chi connectivity index (χ3n) is 4.51. The summed E-state index contributed by atoms with van der Waals surface area (Å²) in [6.07, 6.45) is 1.48. The van der Waals surface area contributed by atoms with E-state index < -0.39 is 5.91 Å². The Bertz CT molecular complexity index is 1300. The molecule has 0 aliphatic heterocycles. The number of methoxy groups -OCH3 is 1. The van der Waals surface area contributed by atoms with Crippen LogP contribution in [0.5, 0.6) is 11.5 Å². The molecule has 4 aromatic rings. The molecule has 7 nitrogen and oxygen atoms in total. The van der Waals surface area contributed by atoms with Gasteiger partial charge < -0.3 is 13.9 Å². The van der Waals surface area contributed by atoms with Gasteiger partial charge in [0.15, 0.2) is 23.9 Å². The van der Waals surface area contributed by atoms with Crippen molar-refractivity contribution in [3.05, 3.63) is 72.0 Å². The molecule has 1 amide bonds. The van der Waals surface area contributed by atoms with Gasteiger partial charge in [0.05, 0.1) is 13.3 Å². The number of fused-ring (bicyclic) bond motifs is 3. The SMILES string of the molecule is COc1cc(C=NNC(=O)c2cc3c(ccc4ccccc43)o2)ccc1OCC#N.